The third-order valence-electron chi connectivity index (χ3n) is 3.91. The van der Waals surface area contributed by atoms with E-state index in [2.05, 4.69) is 21.2 Å². The average Bonchev–Trinajstić information content (AvgIpc) is 3.11. The lowest BCUT2D eigenvalue weighted by Gasteiger charge is -2.16. The Labute approximate surface area is 158 Å². The SMILES string of the molecule is COc1ccc([C@@H]2N[C@H](C(=O)O)CS2)cc1COc1ccccc1Br. The summed E-state index contributed by atoms with van der Waals surface area (Å²) in [6, 6.07) is 13.0. The van der Waals surface area contributed by atoms with Crippen LogP contribution in [-0.4, -0.2) is 30.0 Å². The monoisotopic (exact) mass is 423 g/mol. The summed E-state index contributed by atoms with van der Waals surface area (Å²) in [6.07, 6.45) is 0. The van der Waals surface area contributed by atoms with Gasteiger partial charge >= 0.3 is 5.97 Å². The molecule has 2 aromatic rings. The van der Waals surface area contributed by atoms with E-state index in [4.69, 9.17) is 14.6 Å². The molecule has 1 saturated heterocycles. The van der Waals surface area contributed by atoms with Gasteiger partial charge in [0.2, 0.25) is 0 Å². The van der Waals surface area contributed by atoms with Crippen LogP contribution >= 0.6 is 27.7 Å². The van der Waals surface area contributed by atoms with Gasteiger partial charge in [0.25, 0.3) is 0 Å². The summed E-state index contributed by atoms with van der Waals surface area (Å²) in [7, 11) is 1.62. The van der Waals surface area contributed by atoms with E-state index < -0.39 is 12.0 Å². The van der Waals surface area contributed by atoms with E-state index in [1.165, 1.54) is 0 Å². The van der Waals surface area contributed by atoms with Crippen molar-refractivity contribution in [2.24, 2.45) is 0 Å². The molecule has 1 heterocycles. The van der Waals surface area contributed by atoms with Crippen LogP contribution in [0.4, 0.5) is 0 Å². The van der Waals surface area contributed by atoms with E-state index in [-0.39, 0.29) is 5.37 Å². The zero-order chi connectivity index (χ0) is 17.8. The predicted octanol–water partition coefficient (Wildman–Crippen LogP) is 3.82. The fraction of sp³-hybridized carbons (Fsp3) is 0.278. The number of carbonyl (C=O) groups is 1. The molecule has 0 aliphatic carbocycles. The van der Waals surface area contributed by atoms with Crippen molar-refractivity contribution in [2.75, 3.05) is 12.9 Å². The van der Waals surface area contributed by atoms with E-state index in [1.807, 2.05) is 42.5 Å². The Morgan fingerprint density at radius 3 is 2.80 bits per heavy atom. The number of thioether (sulfide) groups is 1. The Hall–Kier alpha value is -1.70. The van der Waals surface area contributed by atoms with Crippen molar-refractivity contribution in [1.29, 1.82) is 0 Å². The normalized spacial score (nSPS) is 19.6. The zero-order valence-corrected chi connectivity index (χ0v) is 16.0. The van der Waals surface area contributed by atoms with Crippen LogP contribution in [0, 0.1) is 0 Å². The lowest BCUT2D eigenvalue weighted by molar-refractivity contribution is -0.138. The summed E-state index contributed by atoms with van der Waals surface area (Å²) in [5.41, 5.74) is 1.93. The van der Waals surface area contributed by atoms with Crippen LogP contribution < -0.4 is 14.8 Å². The number of halogens is 1. The lowest BCUT2D eigenvalue weighted by atomic mass is 10.1. The van der Waals surface area contributed by atoms with Gasteiger partial charge in [0, 0.05) is 11.3 Å². The van der Waals surface area contributed by atoms with Gasteiger partial charge in [-0.15, -0.1) is 11.8 Å². The Morgan fingerprint density at radius 2 is 2.12 bits per heavy atom. The van der Waals surface area contributed by atoms with Gasteiger partial charge in [0.1, 0.15) is 24.1 Å². The summed E-state index contributed by atoms with van der Waals surface area (Å²) in [4.78, 5) is 11.1. The number of aliphatic carboxylic acids is 1. The molecule has 7 heteroatoms. The van der Waals surface area contributed by atoms with Crippen LogP contribution in [0.5, 0.6) is 11.5 Å². The topological polar surface area (TPSA) is 67.8 Å². The van der Waals surface area contributed by atoms with Crippen LogP contribution in [0.15, 0.2) is 46.9 Å². The number of methoxy groups -OCH3 is 1. The van der Waals surface area contributed by atoms with E-state index in [0.717, 1.165) is 27.1 Å². The molecule has 0 bridgehead atoms. The van der Waals surface area contributed by atoms with Crippen molar-refractivity contribution in [3.05, 3.63) is 58.1 Å². The number of nitrogens with one attached hydrogen (secondary N) is 1. The number of hydrogen-bond donors (Lipinski definition) is 2. The van der Waals surface area contributed by atoms with E-state index >= 15 is 0 Å². The molecule has 2 aromatic carbocycles. The molecule has 0 aromatic heterocycles. The molecule has 2 atom stereocenters. The molecule has 1 aliphatic heterocycles. The zero-order valence-electron chi connectivity index (χ0n) is 13.6. The van der Waals surface area contributed by atoms with E-state index in [1.54, 1.807) is 18.9 Å². The third kappa shape index (κ3) is 4.29. The molecule has 1 aliphatic rings. The minimum Gasteiger partial charge on any atom is -0.496 e. The largest absolute Gasteiger partial charge is 0.496 e. The van der Waals surface area contributed by atoms with E-state index in [0.29, 0.717) is 12.4 Å². The van der Waals surface area contributed by atoms with Crippen molar-refractivity contribution in [1.82, 2.24) is 5.32 Å². The summed E-state index contributed by atoms with van der Waals surface area (Å²) >= 11 is 5.06. The van der Waals surface area contributed by atoms with Crippen LogP contribution in [0.3, 0.4) is 0 Å². The number of rotatable bonds is 6. The predicted molar refractivity (Wildman–Crippen MR) is 101 cm³/mol. The Balaban J connectivity index is 1.76. The molecule has 0 spiro atoms. The van der Waals surface area contributed by atoms with Crippen molar-refractivity contribution in [3.63, 3.8) is 0 Å². The number of carboxylic acid groups (broad SMARTS) is 1. The first-order valence-corrected chi connectivity index (χ1v) is 9.57. The molecule has 3 rings (SSSR count). The fourth-order valence-corrected chi connectivity index (χ4v) is 4.22. The second kappa shape index (κ2) is 8.12. The minimum absolute atomic E-state index is 0.0470. The maximum Gasteiger partial charge on any atom is 0.321 e. The third-order valence-corrected chi connectivity index (χ3v) is 5.83. The smallest absolute Gasteiger partial charge is 0.321 e. The molecule has 2 N–H and O–H groups in total. The highest BCUT2D eigenvalue weighted by atomic mass is 79.9. The summed E-state index contributed by atoms with van der Waals surface area (Å²) in [6.45, 7) is 0.360. The van der Waals surface area contributed by atoms with E-state index in [9.17, 15) is 4.79 Å². The van der Waals surface area contributed by atoms with Crippen molar-refractivity contribution in [2.45, 2.75) is 18.0 Å². The highest BCUT2D eigenvalue weighted by Gasteiger charge is 2.30. The van der Waals surface area contributed by atoms with Gasteiger partial charge in [-0.25, -0.2) is 0 Å². The molecule has 0 unspecified atom stereocenters. The quantitative estimate of drug-likeness (QED) is 0.735. The number of carboxylic acids is 1. The first-order valence-electron chi connectivity index (χ1n) is 7.73. The minimum atomic E-state index is -0.819. The maximum atomic E-state index is 11.1. The molecule has 132 valence electrons. The second-order valence-electron chi connectivity index (χ2n) is 5.56. The lowest BCUT2D eigenvalue weighted by Crippen LogP contribution is -2.33. The Kier molecular flexibility index (Phi) is 5.88. The Bertz CT molecular complexity index is 770. The van der Waals surface area contributed by atoms with Crippen molar-refractivity contribution < 1.29 is 19.4 Å². The van der Waals surface area contributed by atoms with Crippen LogP contribution in [0.2, 0.25) is 0 Å². The van der Waals surface area contributed by atoms with Crippen molar-refractivity contribution in [3.8, 4) is 11.5 Å². The van der Waals surface area contributed by atoms with Crippen LogP contribution in [0.25, 0.3) is 0 Å². The van der Waals surface area contributed by atoms with Gasteiger partial charge in [-0.2, -0.15) is 0 Å². The first kappa shape index (κ1) is 18.1. The standard InChI is InChI=1S/C18H18BrNO4S/c1-23-15-7-6-11(17-20-14(10-25-17)18(21)22)8-12(15)9-24-16-5-3-2-4-13(16)19/h2-8,14,17,20H,9-10H2,1H3,(H,21,22)/t14-,17+/m0/s1. The number of para-hydroxylation sites is 1. The van der Waals surface area contributed by atoms with Gasteiger partial charge in [0.05, 0.1) is 17.0 Å². The van der Waals surface area contributed by atoms with Gasteiger partial charge < -0.3 is 14.6 Å². The number of hydrogen-bond acceptors (Lipinski definition) is 5. The maximum absolute atomic E-state index is 11.1. The molecular formula is C18H18BrNO4S. The molecular weight excluding hydrogens is 406 g/mol. The van der Waals surface area contributed by atoms with Crippen LogP contribution in [0.1, 0.15) is 16.5 Å². The summed E-state index contributed by atoms with van der Waals surface area (Å²) in [5.74, 6) is 1.23. The molecule has 25 heavy (non-hydrogen) atoms. The fourth-order valence-electron chi connectivity index (χ4n) is 2.60. The Morgan fingerprint density at radius 1 is 1.32 bits per heavy atom. The average molecular weight is 424 g/mol. The molecule has 1 fully saturated rings. The highest BCUT2D eigenvalue weighted by Crippen LogP contribution is 2.35. The summed E-state index contributed by atoms with van der Waals surface area (Å²) < 4.78 is 12.2. The van der Waals surface area contributed by atoms with Gasteiger partial charge in [-0.1, -0.05) is 18.2 Å². The van der Waals surface area contributed by atoms with Gasteiger partial charge in [-0.05, 0) is 45.8 Å². The van der Waals surface area contributed by atoms with Crippen molar-refractivity contribution >= 4 is 33.7 Å². The van der Waals surface area contributed by atoms with Gasteiger partial charge in [-0.3, -0.25) is 10.1 Å². The first-order chi connectivity index (χ1) is 12.1. The molecule has 0 amide bonds. The molecule has 0 radical (unpaired) electrons. The molecule has 5 nitrogen and oxygen atoms in total. The number of benzene rings is 2. The van der Waals surface area contributed by atoms with Gasteiger partial charge in [0.15, 0.2) is 0 Å². The highest BCUT2D eigenvalue weighted by molar-refractivity contribution is 9.10. The second-order valence-corrected chi connectivity index (χ2v) is 7.55. The summed E-state index contributed by atoms with van der Waals surface area (Å²) in [5, 5.41) is 12.2. The van der Waals surface area contributed by atoms with Crippen LogP contribution in [-0.2, 0) is 11.4 Å². The number of ether oxygens (including phenoxy) is 2. The molecule has 0 saturated carbocycles.